The van der Waals surface area contributed by atoms with E-state index in [1.54, 1.807) is 12.1 Å². The van der Waals surface area contributed by atoms with Crippen molar-refractivity contribution in [1.82, 2.24) is 25.0 Å². The minimum absolute atomic E-state index is 0.00263. The number of rotatable bonds is 3. The van der Waals surface area contributed by atoms with Crippen LogP contribution in [0.2, 0.25) is 0 Å². The third-order valence-electron chi connectivity index (χ3n) is 3.46. The van der Waals surface area contributed by atoms with Crippen LogP contribution in [0.25, 0.3) is 22.6 Å². The van der Waals surface area contributed by atoms with E-state index in [1.165, 1.54) is 10.9 Å². The van der Waals surface area contributed by atoms with E-state index in [1.807, 2.05) is 0 Å². The standard InChI is InChI=1S/C15H10F2N6O/c16-9-3-4-10(17)8(6-9)7-23-14-13(21-22-23)12(19-15(18)20-14)11-2-1-5-24-11/h1-6H,7H2,(H2,18,19,20). The molecule has 0 fully saturated rings. The van der Waals surface area contributed by atoms with Crippen LogP contribution in [-0.4, -0.2) is 25.0 Å². The minimum Gasteiger partial charge on any atom is -0.463 e. The fourth-order valence-corrected chi connectivity index (χ4v) is 2.39. The molecule has 0 unspecified atom stereocenters. The summed E-state index contributed by atoms with van der Waals surface area (Å²) in [4.78, 5) is 8.22. The van der Waals surface area contributed by atoms with Crippen molar-refractivity contribution in [3.8, 4) is 11.5 Å². The number of nitrogens with zero attached hydrogens (tertiary/aromatic N) is 5. The molecule has 7 nitrogen and oxygen atoms in total. The Morgan fingerprint density at radius 1 is 1.17 bits per heavy atom. The van der Waals surface area contributed by atoms with Gasteiger partial charge in [0.15, 0.2) is 16.9 Å². The van der Waals surface area contributed by atoms with Crippen molar-refractivity contribution in [2.75, 3.05) is 5.73 Å². The number of hydrogen-bond acceptors (Lipinski definition) is 6. The molecule has 24 heavy (non-hydrogen) atoms. The Hall–Kier alpha value is -3.36. The van der Waals surface area contributed by atoms with Crippen molar-refractivity contribution >= 4 is 17.1 Å². The first-order valence-corrected chi connectivity index (χ1v) is 6.96. The highest BCUT2D eigenvalue weighted by molar-refractivity contribution is 5.85. The number of halogens is 2. The Kier molecular flexibility index (Phi) is 3.19. The Morgan fingerprint density at radius 2 is 2.04 bits per heavy atom. The number of aromatic nitrogens is 5. The molecule has 0 bridgehead atoms. The van der Waals surface area contributed by atoms with Crippen molar-refractivity contribution in [2.24, 2.45) is 0 Å². The lowest BCUT2D eigenvalue weighted by Gasteiger charge is -2.05. The average molecular weight is 328 g/mol. The third kappa shape index (κ3) is 2.35. The zero-order valence-electron chi connectivity index (χ0n) is 12.1. The summed E-state index contributed by atoms with van der Waals surface area (Å²) >= 11 is 0. The first kappa shape index (κ1) is 14.2. The van der Waals surface area contributed by atoms with Crippen molar-refractivity contribution in [2.45, 2.75) is 6.54 Å². The number of hydrogen-bond donors (Lipinski definition) is 1. The topological polar surface area (TPSA) is 95.6 Å². The van der Waals surface area contributed by atoms with Crippen molar-refractivity contribution in [3.05, 3.63) is 53.8 Å². The molecule has 4 aromatic rings. The van der Waals surface area contributed by atoms with Gasteiger partial charge < -0.3 is 10.2 Å². The summed E-state index contributed by atoms with van der Waals surface area (Å²) in [6.07, 6.45) is 1.49. The molecule has 120 valence electrons. The predicted molar refractivity (Wildman–Crippen MR) is 80.7 cm³/mol. The van der Waals surface area contributed by atoms with Gasteiger partial charge in [-0.15, -0.1) is 5.10 Å². The minimum atomic E-state index is -0.548. The molecule has 4 rings (SSSR count). The van der Waals surface area contributed by atoms with E-state index in [9.17, 15) is 8.78 Å². The van der Waals surface area contributed by atoms with E-state index in [4.69, 9.17) is 10.2 Å². The second-order valence-electron chi connectivity index (χ2n) is 5.06. The zero-order chi connectivity index (χ0) is 16.7. The number of fused-ring (bicyclic) bond motifs is 1. The molecule has 0 saturated heterocycles. The molecular weight excluding hydrogens is 318 g/mol. The Bertz CT molecular complexity index is 1030. The van der Waals surface area contributed by atoms with Crippen LogP contribution >= 0.6 is 0 Å². The van der Waals surface area contributed by atoms with Gasteiger partial charge in [-0.25, -0.2) is 18.4 Å². The Balaban J connectivity index is 1.85. The quantitative estimate of drug-likeness (QED) is 0.620. The highest BCUT2D eigenvalue weighted by atomic mass is 19.1. The molecule has 0 aliphatic heterocycles. The highest BCUT2D eigenvalue weighted by Crippen LogP contribution is 2.25. The number of furan rings is 1. The first-order valence-electron chi connectivity index (χ1n) is 6.96. The average Bonchev–Trinajstić information content (AvgIpc) is 3.21. The third-order valence-corrected chi connectivity index (χ3v) is 3.46. The fraction of sp³-hybridized carbons (Fsp3) is 0.0667. The lowest BCUT2D eigenvalue weighted by Crippen LogP contribution is -2.06. The smallest absolute Gasteiger partial charge is 0.222 e. The highest BCUT2D eigenvalue weighted by Gasteiger charge is 2.18. The number of nitrogen functional groups attached to an aromatic ring is 1. The molecule has 0 atom stereocenters. The van der Waals surface area contributed by atoms with Gasteiger partial charge in [-0.2, -0.15) is 4.98 Å². The molecule has 0 saturated carbocycles. The van der Waals surface area contributed by atoms with Crippen LogP contribution in [0.5, 0.6) is 0 Å². The van der Waals surface area contributed by atoms with E-state index in [2.05, 4.69) is 20.3 Å². The summed E-state index contributed by atoms with van der Waals surface area (Å²) in [5.74, 6) is -0.634. The summed E-state index contributed by atoms with van der Waals surface area (Å²) in [6, 6.07) is 6.61. The van der Waals surface area contributed by atoms with Crippen molar-refractivity contribution in [1.29, 1.82) is 0 Å². The lowest BCUT2D eigenvalue weighted by molar-refractivity contribution is 0.564. The molecule has 9 heteroatoms. The van der Waals surface area contributed by atoms with Gasteiger partial charge in [0.05, 0.1) is 12.8 Å². The van der Waals surface area contributed by atoms with Crippen LogP contribution in [0.3, 0.4) is 0 Å². The maximum absolute atomic E-state index is 13.8. The van der Waals surface area contributed by atoms with Crippen LogP contribution in [0, 0.1) is 11.6 Å². The van der Waals surface area contributed by atoms with Crippen LogP contribution in [0.1, 0.15) is 5.56 Å². The molecular formula is C15H10F2N6O. The summed E-state index contributed by atoms with van der Waals surface area (Å²) in [5, 5.41) is 7.97. The van der Waals surface area contributed by atoms with E-state index in [0.717, 1.165) is 18.2 Å². The van der Waals surface area contributed by atoms with Gasteiger partial charge in [-0.1, -0.05) is 5.21 Å². The van der Waals surface area contributed by atoms with Crippen LogP contribution in [-0.2, 0) is 6.54 Å². The maximum Gasteiger partial charge on any atom is 0.222 e. The Labute approximate surface area is 133 Å². The van der Waals surface area contributed by atoms with Gasteiger partial charge in [0.1, 0.15) is 17.3 Å². The molecule has 0 radical (unpaired) electrons. The van der Waals surface area contributed by atoms with Crippen LogP contribution in [0.15, 0.2) is 41.0 Å². The van der Waals surface area contributed by atoms with Gasteiger partial charge >= 0.3 is 0 Å². The summed E-state index contributed by atoms with van der Waals surface area (Å²) < 4.78 is 33.8. The van der Waals surface area contributed by atoms with E-state index >= 15 is 0 Å². The van der Waals surface area contributed by atoms with Crippen molar-refractivity contribution in [3.63, 3.8) is 0 Å². The Morgan fingerprint density at radius 3 is 2.83 bits per heavy atom. The second-order valence-corrected chi connectivity index (χ2v) is 5.06. The molecule has 0 aliphatic rings. The van der Waals surface area contributed by atoms with Crippen molar-refractivity contribution < 1.29 is 13.2 Å². The number of benzene rings is 1. The van der Waals surface area contributed by atoms with Gasteiger partial charge in [0, 0.05) is 5.56 Å². The maximum atomic E-state index is 13.8. The molecule has 3 heterocycles. The lowest BCUT2D eigenvalue weighted by atomic mass is 10.2. The van der Waals surface area contributed by atoms with Gasteiger partial charge in [-0.05, 0) is 30.3 Å². The largest absolute Gasteiger partial charge is 0.463 e. The van der Waals surface area contributed by atoms with E-state index < -0.39 is 11.6 Å². The fourth-order valence-electron chi connectivity index (χ4n) is 2.39. The second kappa shape index (κ2) is 5.37. The summed E-state index contributed by atoms with van der Waals surface area (Å²) in [7, 11) is 0. The molecule has 0 amide bonds. The number of nitrogens with two attached hydrogens (primary N) is 1. The summed E-state index contributed by atoms with van der Waals surface area (Å²) in [5.41, 5.74) is 6.91. The van der Waals surface area contributed by atoms with E-state index in [-0.39, 0.29) is 18.1 Å². The predicted octanol–water partition coefficient (Wildman–Crippen LogP) is 2.39. The molecule has 2 N–H and O–H groups in total. The monoisotopic (exact) mass is 328 g/mol. The van der Waals surface area contributed by atoms with Crippen LogP contribution < -0.4 is 5.73 Å². The molecule has 0 aliphatic carbocycles. The van der Waals surface area contributed by atoms with Gasteiger partial charge in [-0.3, -0.25) is 0 Å². The molecule has 0 spiro atoms. The zero-order valence-corrected chi connectivity index (χ0v) is 12.1. The summed E-state index contributed by atoms with van der Waals surface area (Å²) in [6.45, 7) is -0.0475. The number of anilines is 1. The SMILES string of the molecule is Nc1nc(-c2ccco2)c2nnn(Cc3cc(F)ccc3F)c2n1. The molecule has 1 aromatic carbocycles. The van der Waals surface area contributed by atoms with Gasteiger partial charge in [0.25, 0.3) is 0 Å². The first-order chi connectivity index (χ1) is 11.6. The van der Waals surface area contributed by atoms with E-state index in [0.29, 0.717) is 22.6 Å². The molecule has 3 aromatic heterocycles. The van der Waals surface area contributed by atoms with Crippen LogP contribution in [0.4, 0.5) is 14.7 Å². The normalized spacial score (nSPS) is 11.2. The van der Waals surface area contributed by atoms with Gasteiger partial charge in [0.2, 0.25) is 5.95 Å².